The first-order valence-electron chi connectivity index (χ1n) is 28.9. The van der Waals surface area contributed by atoms with E-state index >= 15 is 0 Å². The minimum Gasteiger partial charge on any atom is -0.394 e. The lowest BCUT2D eigenvalue weighted by atomic mass is 9.99. The molecule has 0 aliphatic carbocycles. The molecule has 0 aromatic rings. The number of ether oxygens (including phenoxy) is 2. The monoisotopic (exact) mass is 938 g/mol. The van der Waals surface area contributed by atoms with Crippen LogP contribution in [0.15, 0.2) is 12.2 Å². The number of hydrogen-bond acceptors (Lipinski definition) is 8. The van der Waals surface area contributed by atoms with E-state index < -0.39 is 49.5 Å². The maximum absolute atomic E-state index is 13.1. The van der Waals surface area contributed by atoms with Gasteiger partial charge in [-0.2, -0.15) is 0 Å². The molecule has 7 atom stereocenters. The maximum Gasteiger partial charge on any atom is 0.220 e. The Balaban J connectivity index is 2.16. The van der Waals surface area contributed by atoms with Crippen molar-refractivity contribution in [1.82, 2.24) is 5.32 Å². The molecule has 0 aromatic carbocycles. The number of hydrogen-bond donors (Lipinski definition) is 6. The molecule has 392 valence electrons. The van der Waals surface area contributed by atoms with Crippen LogP contribution in [0.3, 0.4) is 0 Å². The van der Waals surface area contributed by atoms with Crippen molar-refractivity contribution in [3.8, 4) is 0 Å². The van der Waals surface area contributed by atoms with Gasteiger partial charge in [0.1, 0.15) is 24.4 Å². The largest absolute Gasteiger partial charge is 0.394 e. The summed E-state index contributed by atoms with van der Waals surface area (Å²) in [5.41, 5.74) is 0. The Kier molecular flexibility index (Phi) is 45.4. The first-order valence-corrected chi connectivity index (χ1v) is 28.9. The fraction of sp³-hybridized carbons (Fsp3) is 0.947. The van der Waals surface area contributed by atoms with E-state index in [1.54, 1.807) is 0 Å². The van der Waals surface area contributed by atoms with Gasteiger partial charge in [0.05, 0.1) is 25.4 Å². The molecular weight excluding hydrogens is 827 g/mol. The summed E-state index contributed by atoms with van der Waals surface area (Å²) in [6.45, 7) is 3.87. The fourth-order valence-corrected chi connectivity index (χ4v) is 9.51. The molecule has 0 aromatic heterocycles. The normalized spacial score (nSPS) is 19.8. The smallest absolute Gasteiger partial charge is 0.220 e. The van der Waals surface area contributed by atoms with Crippen molar-refractivity contribution in [3.63, 3.8) is 0 Å². The molecule has 1 aliphatic rings. The zero-order chi connectivity index (χ0) is 48.0. The average Bonchev–Trinajstić information content (AvgIpc) is 3.32. The lowest BCUT2D eigenvalue weighted by molar-refractivity contribution is -0.302. The number of nitrogens with one attached hydrogen (secondary N) is 1. The first-order chi connectivity index (χ1) is 32.3. The predicted molar refractivity (Wildman–Crippen MR) is 277 cm³/mol. The molecular formula is C57H111NO8. The van der Waals surface area contributed by atoms with Gasteiger partial charge in [0.15, 0.2) is 6.29 Å². The molecule has 1 amide bonds. The van der Waals surface area contributed by atoms with Gasteiger partial charge >= 0.3 is 0 Å². The number of rotatable bonds is 50. The molecule has 0 spiro atoms. The Morgan fingerprint density at radius 2 is 0.848 bits per heavy atom. The van der Waals surface area contributed by atoms with Crippen molar-refractivity contribution in [1.29, 1.82) is 0 Å². The van der Waals surface area contributed by atoms with Gasteiger partial charge in [-0.15, -0.1) is 0 Å². The minimum absolute atomic E-state index is 0.133. The van der Waals surface area contributed by atoms with Crippen molar-refractivity contribution < 1.29 is 39.8 Å². The first kappa shape index (κ1) is 62.9. The highest BCUT2D eigenvalue weighted by Crippen LogP contribution is 2.23. The van der Waals surface area contributed by atoms with Crippen LogP contribution >= 0.6 is 0 Å². The second kappa shape index (κ2) is 47.6. The van der Waals surface area contributed by atoms with E-state index in [0.717, 1.165) is 38.5 Å². The topological polar surface area (TPSA) is 149 Å². The highest BCUT2D eigenvalue weighted by Gasteiger charge is 2.44. The van der Waals surface area contributed by atoms with Crippen LogP contribution in [0.5, 0.6) is 0 Å². The van der Waals surface area contributed by atoms with Gasteiger partial charge in [0.25, 0.3) is 0 Å². The number of unbranched alkanes of at least 4 members (excludes halogenated alkanes) is 38. The summed E-state index contributed by atoms with van der Waals surface area (Å²) in [5, 5.41) is 54.6. The van der Waals surface area contributed by atoms with E-state index in [2.05, 4.69) is 31.3 Å². The van der Waals surface area contributed by atoms with E-state index in [-0.39, 0.29) is 12.5 Å². The number of carbonyl (C=O) groups excluding carboxylic acids is 1. The third kappa shape index (κ3) is 36.9. The quantitative estimate of drug-likeness (QED) is 0.0261. The molecule has 0 bridgehead atoms. The SMILES string of the molecule is CCCCCCCCCC/C=C\CCCCCCCCCCCCCCCCCC(=O)NC(COC1OC(CO)C(O)C(O)C1O)C(O)CCCCCCCCCCCCCCCCCC. The van der Waals surface area contributed by atoms with Crippen LogP contribution < -0.4 is 5.32 Å². The lowest BCUT2D eigenvalue weighted by Gasteiger charge is -2.40. The Hall–Kier alpha value is -1.07. The molecule has 7 unspecified atom stereocenters. The standard InChI is InChI=1S/C57H111NO8/c1-3-5-7-9-11-13-15-17-19-21-22-23-24-25-26-27-28-29-30-31-33-35-37-39-41-43-45-47-53(61)58-50(49-65-57-56(64)55(63)54(62)52(48-59)66-57)51(60)46-44-42-40-38-36-34-32-20-18-16-14-12-10-8-6-4-2/h21-22,50-52,54-57,59-60,62-64H,3-20,23-49H2,1-2H3,(H,58,61)/b22-21-. The summed E-state index contributed by atoms with van der Waals surface area (Å²) in [4.78, 5) is 13.1. The number of carbonyl (C=O) groups is 1. The summed E-state index contributed by atoms with van der Waals surface area (Å²) >= 11 is 0. The van der Waals surface area contributed by atoms with E-state index in [0.29, 0.717) is 12.8 Å². The number of allylic oxidation sites excluding steroid dienone is 2. The minimum atomic E-state index is -1.55. The van der Waals surface area contributed by atoms with Gasteiger partial charge in [0, 0.05) is 6.42 Å². The predicted octanol–water partition coefficient (Wildman–Crippen LogP) is 14.0. The van der Waals surface area contributed by atoms with Crippen molar-refractivity contribution in [2.75, 3.05) is 13.2 Å². The molecule has 66 heavy (non-hydrogen) atoms. The summed E-state index contributed by atoms with van der Waals surface area (Å²) in [5.74, 6) is -0.139. The molecule has 9 nitrogen and oxygen atoms in total. The fourth-order valence-electron chi connectivity index (χ4n) is 9.51. The van der Waals surface area contributed by atoms with Crippen LogP contribution in [0.25, 0.3) is 0 Å². The van der Waals surface area contributed by atoms with Crippen LogP contribution in [0.1, 0.15) is 290 Å². The van der Waals surface area contributed by atoms with Gasteiger partial charge < -0.3 is 40.3 Å². The summed E-state index contributed by atoms with van der Waals surface area (Å²) < 4.78 is 11.3. The van der Waals surface area contributed by atoms with E-state index in [1.165, 1.54) is 225 Å². The summed E-state index contributed by atoms with van der Waals surface area (Å²) in [6.07, 6.45) is 51.0. The van der Waals surface area contributed by atoms with Crippen LogP contribution in [-0.2, 0) is 14.3 Å². The van der Waals surface area contributed by atoms with Crippen LogP contribution in [0.2, 0.25) is 0 Å². The number of aliphatic hydroxyl groups excluding tert-OH is 5. The molecule has 1 aliphatic heterocycles. The molecule has 1 heterocycles. The summed E-state index contributed by atoms with van der Waals surface area (Å²) in [6, 6.07) is -0.715. The van der Waals surface area contributed by atoms with Gasteiger partial charge in [-0.3, -0.25) is 4.79 Å². The second-order valence-corrected chi connectivity index (χ2v) is 20.4. The zero-order valence-corrected chi connectivity index (χ0v) is 43.5. The highest BCUT2D eigenvalue weighted by molar-refractivity contribution is 5.76. The van der Waals surface area contributed by atoms with E-state index in [9.17, 15) is 30.3 Å². The Labute approximate surface area is 407 Å². The molecule has 9 heteroatoms. The second-order valence-electron chi connectivity index (χ2n) is 20.4. The van der Waals surface area contributed by atoms with Gasteiger partial charge in [-0.25, -0.2) is 0 Å². The zero-order valence-electron chi connectivity index (χ0n) is 43.5. The highest BCUT2D eigenvalue weighted by atomic mass is 16.7. The van der Waals surface area contributed by atoms with Crippen LogP contribution in [-0.4, -0.2) is 87.5 Å². The number of amides is 1. The molecule has 6 N–H and O–H groups in total. The molecule has 1 rings (SSSR count). The molecule has 1 fully saturated rings. The third-order valence-electron chi connectivity index (χ3n) is 14.1. The Bertz CT molecular complexity index is 1040. The van der Waals surface area contributed by atoms with Gasteiger partial charge in [-0.1, -0.05) is 257 Å². The van der Waals surface area contributed by atoms with Crippen molar-refractivity contribution >= 4 is 5.91 Å². The van der Waals surface area contributed by atoms with Crippen molar-refractivity contribution in [2.24, 2.45) is 0 Å². The average molecular weight is 939 g/mol. The molecule has 0 saturated carbocycles. The van der Waals surface area contributed by atoms with Gasteiger partial charge in [0.2, 0.25) is 5.91 Å². The van der Waals surface area contributed by atoms with Crippen LogP contribution in [0.4, 0.5) is 0 Å². The maximum atomic E-state index is 13.1. The van der Waals surface area contributed by atoms with Gasteiger partial charge in [-0.05, 0) is 38.5 Å². The third-order valence-corrected chi connectivity index (χ3v) is 14.1. The van der Waals surface area contributed by atoms with Crippen molar-refractivity contribution in [3.05, 3.63) is 12.2 Å². The summed E-state index contributed by atoms with van der Waals surface area (Å²) in [7, 11) is 0. The Morgan fingerprint density at radius 1 is 0.500 bits per heavy atom. The van der Waals surface area contributed by atoms with Crippen LogP contribution in [0, 0.1) is 0 Å². The van der Waals surface area contributed by atoms with E-state index in [4.69, 9.17) is 9.47 Å². The van der Waals surface area contributed by atoms with E-state index in [1.807, 2.05) is 0 Å². The Morgan fingerprint density at radius 3 is 1.23 bits per heavy atom. The number of aliphatic hydroxyl groups is 5. The molecule has 1 saturated heterocycles. The van der Waals surface area contributed by atoms with Crippen molar-refractivity contribution in [2.45, 2.75) is 333 Å². The lowest BCUT2D eigenvalue weighted by Crippen LogP contribution is -2.60. The molecule has 0 radical (unpaired) electrons.